The topological polar surface area (TPSA) is 79.8 Å². The predicted molar refractivity (Wildman–Crippen MR) is 66.2 cm³/mol. The summed E-state index contributed by atoms with van der Waals surface area (Å²) < 4.78 is 0. The van der Waals surface area contributed by atoms with Crippen LogP contribution >= 0.6 is 0 Å². The van der Waals surface area contributed by atoms with Gasteiger partial charge in [0.15, 0.2) is 0 Å². The van der Waals surface area contributed by atoms with E-state index in [0.29, 0.717) is 18.7 Å². The fourth-order valence-corrected chi connectivity index (χ4v) is 2.28. The van der Waals surface area contributed by atoms with Crippen LogP contribution in [0.3, 0.4) is 0 Å². The second-order valence-electron chi connectivity index (χ2n) is 4.76. The first-order valence-electron chi connectivity index (χ1n) is 6.58. The smallest absolute Gasteiger partial charge is 0.351 e. The summed E-state index contributed by atoms with van der Waals surface area (Å²) in [6, 6.07) is 0.195. The molecule has 18 heavy (non-hydrogen) atoms. The van der Waals surface area contributed by atoms with Gasteiger partial charge in [-0.3, -0.25) is 9.63 Å². The Balaban J connectivity index is 1.80. The molecule has 1 saturated heterocycles. The van der Waals surface area contributed by atoms with Crippen LogP contribution in [0.2, 0.25) is 0 Å². The molecule has 0 radical (unpaired) electrons. The highest BCUT2D eigenvalue weighted by molar-refractivity contribution is 6.38. The first kappa shape index (κ1) is 12.9. The summed E-state index contributed by atoms with van der Waals surface area (Å²) in [6.45, 7) is 0.659. The van der Waals surface area contributed by atoms with Crippen molar-refractivity contribution in [3.8, 4) is 0 Å². The Labute approximate surface area is 106 Å². The third kappa shape index (κ3) is 3.72. The second-order valence-corrected chi connectivity index (χ2v) is 4.76. The van der Waals surface area contributed by atoms with Gasteiger partial charge >= 0.3 is 6.09 Å². The molecule has 0 aromatic rings. The van der Waals surface area contributed by atoms with Crippen molar-refractivity contribution in [1.29, 1.82) is 0 Å². The van der Waals surface area contributed by atoms with Gasteiger partial charge in [0, 0.05) is 12.6 Å². The normalized spacial score (nSPS) is 23.6. The first-order valence-corrected chi connectivity index (χ1v) is 6.58. The lowest BCUT2D eigenvalue weighted by Gasteiger charge is -2.09. The molecule has 0 aromatic heterocycles. The zero-order chi connectivity index (χ0) is 12.8. The monoisotopic (exact) mass is 253 g/mol. The van der Waals surface area contributed by atoms with Crippen LogP contribution in [0.4, 0.5) is 4.79 Å². The Morgan fingerprint density at radius 3 is 2.83 bits per heavy atom. The molecule has 1 aliphatic carbocycles. The molecular weight excluding hydrogens is 234 g/mol. The van der Waals surface area contributed by atoms with Crippen molar-refractivity contribution in [3.63, 3.8) is 0 Å². The summed E-state index contributed by atoms with van der Waals surface area (Å²) in [5.74, 6) is -0.235. The van der Waals surface area contributed by atoms with Crippen LogP contribution in [-0.4, -0.2) is 30.3 Å². The van der Waals surface area contributed by atoms with Gasteiger partial charge < -0.3 is 10.6 Å². The molecule has 2 amide bonds. The maximum Gasteiger partial charge on any atom is 0.433 e. The number of carbonyl (C=O) groups is 2. The lowest BCUT2D eigenvalue weighted by molar-refractivity contribution is -0.114. The van der Waals surface area contributed by atoms with E-state index in [-0.39, 0.29) is 11.9 Å². The lowest BCUT2D eigenvalue weighted by Crippen LogP contribution is -2.33. The average molecular weight is 253 g/mol. The Kier molecular flexibility index (Phi) is 4.55. The minimum Gasteiger partial charge on any atom is -0.351 e. The summed E-state index contributed by atoms with van der Waals surface area (Å²) in [6.07, 6.45) is 6.07. The van der Waals surface area contributed by atoms with E-state index in [0.717, 1.165) is 38.5 Å². The maximum absolute atomic E-state index is 11.5. The molecule has 0 unspecified atom stereocenters. The molecule has 0 aromatic carbocycles. The largest absolute Gasteiger partial charge is 0.433 e. The minimum atomic E-state index is -0.563. The SMILES string of the molecule is O=C(NC1CCCC1)ON=C1CCCCNC1=O. The third-order valence-electron chi connectivity index (χ3n) is 3.30. The molecule has 6 heteroatoms. The lowest BCUT2D eigenvalue weighted by atomic mass is 10.2. The summed E-state index contributed by atoms with van der Waals surface area (Å²) in [7, 11) is 0. The van der Waals surface area contributed by atoms with E-state index in [2.05, 4.69) is 15.8 Å². The summed E-state index contributed by atoms with van der Waals surface area (Å²) in [5, 5.41) is 9.12. The molecule has 2 rings (SSSR count). The number of rotatable bonds is 2. The number of hydrogen-bond acceptors (Lipinski definition) is 4. The van der Waals surface area contributed by atoms with Crippen LogP contribution in [0.15, 0.2) is 5.16 Å². The standard InChI is InChI=1S/C12H19N3O3/c16-11-10(7-3-4-8-13-11)15-18-12(17)14-9-5-1-2-6-9/h9H,1-8H2,(H,13,16)(H,14,17). The Morgan fingerprint density at radius 1 is 1.28 bits per heavy atom. The van der Waals surface area contributed by atoms with Crippen molar-refractivity contribution in [2.45, 2.75) is 51.0 Å². The molecule has 0 bridgehead atoms. The average Bonchev–Trinajstić information content (AvgIpc) is 2.76. The predicted octanol–water partition coefficient (Wildman–Crippen LogP) is 1.31. The molecule has 2 N–H and O–H groups in total. The molecule has 100 valence electrons. The number of hydrogen-bond donors (Lipinski definition) is 2. The van der Waals surface area contributed by atoms with Gasteiger partial charge in [-0.05, 0) is 32.1 Å². The van der Waals surface area contributed by atoms with Gasteiger partial charge in [-0.1, -0.05) is 18.0 Å². The van der Waals surface area contributed by atoms with Crippen molar-refractivity contribution in [2.24, 2.45) is 5.16 Å². The van der Waals surface area contributed by atoms with Gasteiger partial charge in [0.25, 0.3) is 5.91 Å². The zero-order valence-electron chi connectivity index (χ0n) is 10.4. The van der Waals surface area contributed by atoms with E-state index < -0.39 is 6.09 Å². The van der Waals surface area contributed by atoms with Gasteiger partial charge in [-0.15, -0.1) is 0 Å². The van der Waals surface area contributed by atoms with E-state index in [1.165, 1.54) is 0 Å². The quantitative estimate of drug-likeness (QED) is 0.575. The first-order chi connectivity index (χ1) is 8.75. The Morgan fingerprint density at radius 2 is 2.06 bits per heavy atom. The van der Waals surface area contributed by atoms with Gasteiger partial charge in [0.1, 0.15) is 5.71 Å². The van der Waals surface area contributed by atoms with Crippen molar-refractivity contribution in [2.75, 3.05) is 6.54 Å². The molecule has 1 aliphatic heterocycles. The van der Waals surface area contributed by atoms with Crippen molar-refractivity contribution >= 4 is 17.7 Å². The highest BCUT2D eigenvalue weighted by Crippen LogP contribution is 2.17. The Bertz CT molecular complexity index is 348. The Hall–Kier alpha value is -1.59. The fraction of sp³-hybridized carbons (Fsp3) is 0.750. The summed E-state index contributed by atoms with van der Waals surface area (Å²) >= 11 is 0. The van der Waals surface area contributed by atoms with E-state index in [1.807, 2.05) is 0 Å². The summed E-state index contributed by atoms with van der Waals surface area (Å²) in [5.41, 5.74) is 0.300. The maximum atomic E-state index is 11.5. The second kappa shape index (κ2) is 6.37. The number of carbonyl (C=O) groups excluding carboxylic acids is 2. The summed E-state index contributed by atoms with van der Waals surface area (Å²) in [4.78, 5) is 27.7. The van der Waals surface area contributed by atoms with Gasteiger partial charge in [-0.25, -0.2) is 4.79 Å². The fourth-order valence-electron chi connectivity index (χ4n) is 2.28. The number of amides is 2. The zero-order valence-corrected chi connectivity index (χ0v) is 10.4. The molecule has 0 spiro atoms. The van der Waals surface area contributed by atoms with Crippen LogP contribution in [-0.2, 0) is 9.63 Å². The van der Waals surface area contributed by atoms with Crippen molar-refractivity contribution in [1.82, 2.24) is 10.6 Å². The number of oxime groups is 1. The minimum absolute atomic E-state index is 0.195. The molecule has 1 heterocycles. The van der Waals surface area contributed by atoms with E-state index in [1.54, 1.807) is 0 Å². The highest BCUT2D eigenvalue weighted by Gasteiger charge is 2.19. The molecule has 2 fully saturated rings. The molecule has 6 nitrogen and oxygen atoms in total. The molecule has 2 aliphatic rings. The van der Waals surface area contributed by atoms with Crippen LogP contribution in [0.25, 0.3) is 0 Å². The van der Waals surface area contributed by atoms with Crippen LogP contribution in [0.5, 0.6) is 0 Å². The molecular formula is C12H19N3O3. The number of nitrogens with zero attached hydrogens (tertiary/aromatic N) is 1. The molecule has 1 saturated carbocycles. The van der Waals surface area contributed by atoms with E-state index in [9.17, 15) is 9.59 Å². The van der Waals surface area contributed by atoms with Crippen LogP contribution in [0, 0.1) is 0 Å². The number of nitrogens with one attached hydrogen (secondary N) is 2. The van der Waals surface area contributed by atoms with Crippen molar-refractivity contribution < 1.29 is 14.4 Å². The van der Waals surface area contributed by atoms with Crippen molar-refractivity contribution in [3.05, 3.63) is 0 Å². The molecule has 0 atom stereocenters. The van der Waals surface area contributed by atoms with Crippen LogP contribution in [0.1, 0.15) is 44.9 Å². The van der Waals surface area contributed by atoms with E-state index in [4.69, 9.17) is 4.84 Å². The van der Waals surface area contributed by atoms with E-state index >= 15 is 0 Å². The van der Waals surface area contributed by atoms with Crippen LogP contribution < -0.4 is 10.6 Å². The van der Waals surface area contributed by atoms with Gasteiger partial charge in [0.05, 0.1) is 0 Å². The highest BCUT2D eigenvalue weighted by atomic mass is 16.7. The van der Waals surface area contributed by atoms with Gasteiger partial charge in [-0.2, -0.15) is 0 Å². The van der Waals surface area contributed by atoms with Gasteiger partial charge in [0.2, 0.25) is 0 Å². The third-order valence-corrected chi connectivity index (χ3v) is 3.30.